The molecule has 6 heteroatoms. The monoisotopic (exact) mass is 269 g/mol. The molecule has 0 saturated carbocycles. The van der Waals surface area contributed by atoms with Gasteiger partial charge in [-0.2, -0.15) is 8.78 Å². The van der Waals surface area contributed by atoms with Crippen LogP contribution in [-0.4, -0.2) is 18.1 Å². The first-order valence-corrected chi connectivity index (χ1v) is 6.10. The van der Waals surface area contributed by atoms with Gasteiger partial charge in [0, 0.05) is 24.0 Å². The van der Waals surface area contributed by atoms with Crippen LogP contribution in [0.25, 0.3) is 10.9 Å². The third-order valence-corrected chi connectivity index (χ3v) is 2.86. The molecule has 1 unspecified atom stereocenters. The number of nitrogens with two attached hydrogens (primary N) is 1. The maximum absolute atomic E-state index is 13.1. The molecule has 0 amide bonds. The molecule has 3 N–H and O–H groups in total. The van der Waals surface area contributed by atoms with Crippen molar-refractivity contribution in [2.45, 2.75) is 5.66 Å². The number of aromatic nitrogens is 1. The van der Waals surface area contributed by atoms with Crippen LogP contribution in [0.15, 0.2) is 30.3 Å². The minimum absolute atomic E-state index is 0.0375. The number of pyridine rings is 1. The van der Waals surface area contributed by atoms with Gasteiger partial charge >= 0.3 is 0 Å². The molecule has 0 aliphatic carbocycles. The van der Waals surface area contributed by atoms with Gasteiger partial charge in [-0.1, -0.05) is 15.3 Å². The van der Waals surface area contributed by atoms with Gasteiger partial charge < -0.3 is 11.1 Å². The summed E-state index contributed by atoms with van der Waals surface area (Å²) in [6.45, 7) is 1.14. The Balaban J connectivity index is 2.36. The zero-order chi connectivity index (χ0) is 13.2. The molecule has 2 aromatic rings. The van der Waals surface area contributed by atoms with Gasteiger partial charge in [0.25, 0.3) is 5.66 Å². The summed E-state index contributed by atoms with van der Waals surface area (Å²) < 4.78 is 26.3. The Morgan fingerprint density at radius 1 is 1.28 bits per heavy atom. The predicted molar refractivity (Wildman–Crippen MR) is 72.9 cm³/mol. The van der Waals surface area contributed by atoms with Gasteiger partial charge in [0.15, 0.2) is 0 Å². The van der Waals surface area contributed by atoms with E-state index in [9.17, 15) is 8.78 Å². The Morgan fingerprint density at radius 2 is 2.06 bits per heavy atom. The summed E-state index contributed by atoms with van der Waals surface area (Å²) >= 11 is 0. The Kier molecular flexibility index (Phi) is 3.73. The average molecular weight is 269 g/mol. The van der Waals surface area contributed by atoms with Crippen molar-refractivity contribution in [3.05, 3.63) is 35.9 Å². The van der Waals surface area contributed by atoms with E-state index in [2.05, 4.69) is 10.3 Å². The second kappa shape index (κ2) is 5.12. The van der Waals surface area contributed by atoms with Gasteiger partial charge in [-0.3, -0.25) is 0 Å². The number of hydrogen-bond acceptors (Lipinski definition) is 3. The lowest BCUT2D eigenvalue weighted by Gasteiger charge is -2.11. The van der Waals surface area contributed by atoms with E-state index < -0.39 is 5.66 Å². The van der Waals surface area contributed by atoms with E-state index >= 15 is 0 Å². The van der Waals surface area contributed by atoms with Gasteiger partial charge in [0.2, 0.25) is 0 Å². The van der Waals surface area contributed by atoms with Crippen LogP contribution in [0.5, 0.6) is 0 Å². The molecule has 0 fully saturated rings. The molecule has 18 heavy (non-hydrogen) atoms. The first-order chi connectivity index (χ1) is 8.50. The van der Waals surface area contributed by atoms with Gasteiger partial charge in [0.05, 0.1) is 5.52 Å². The molecule has 1 aromatic heterocycles. The summed E-state index contributed by atoms with van der Waals surface area (Å²) in [6.07, 6.45) is 0. The van der Waals surface area contributed by atoms with Crippen molar-refractivity contribution in [2.75, 3.05) is 18.4 Å². The molecule has 0 radical (unpaired) electrons. The zero-order valence-electron chi connectivity index (χ0n) is 9.66. The molecular formula is C12H14F2N3P. The fourth-order valence-corrected chi connectivity index (χ4v) is 1.81. The maximum atomic E-state index is 13.1. The normalized spacial score (nSPS) is 11.8. The van der Waals surface area contributed by atoms with Crippen LogP contribution in [0.3, 0.4) is 0 Å². The third kappa shape index (κ3) is 2.92. The molecule has 1 atom stereocenters. The number of halogens is 2. The highest BCUT2D eigenvalue weighted by molar-refractivity contribution is 7.17. The topological polar surface area (TPSA) is 50.9 Å². The van der Waals surface area contributed by atoms with E-state index in [0.29, 0.717) is 29.8 Å². The SMILES string of the molecule is NCCNc1ccc2cc(C(F)(F)P)ccc2n1. The van der Waals surface area contributed by atoms with Crippen LogP contribution in [-0.2, 0) is 5.66 Å². The van der Waals surface area contributed by atoms with Crippen LogP contribution < -0.4 is 11.1 Å². The van der Waals surface area contributed by atoms with Gasteiger partial charge in [-0.05, 0) is 24.3 Å². The third-order valence-electron chi connectivity index (χ3n) is 2.52. The number of nitrogens with one attached hydrogen (secondary N) is 1. The molecule has 1 aromatic carbocycles. The molecule has 0 spiro atoms. The lowest BCUT2D eigenvalue weighted by atomic mass is 10.1. The molecular weight excluding hydrogens is 255 g/mol. The van der Waals surface area contributed by atoms with Crippen molar-refractivity contribution in [3.8, 4) is 0 Å². The number of fused-ring (bicyclic) bond motifs is 1. The van der Waals surface area contributed by atoms with Crippen LogP contribution >= 0.6 is 9.24 Å². The number of rotatable bonds is 4. The summed E-state index contributed by atoms with van der Waals surface area (Å²) in [5, 5.41) is 3.73. The molecule has 0 aliphatic rings. The summed E-state index contributed by atoms with van der Waals surface area (Å²) in [7, 11) is 1.53. The van der Waals surface area contributed by atoms with E-state index in [1.54, 1.807) is 18.2 Å². The summed E-state index contributed by atoms with van der Waals surface area (Å²) in [4.78, 5) is 4.32. The predicted octanol–water partition coefficient (Wildman–Crippen LogP) is 2.53. The number of alkyl halides is 2. The quantitative estimate of drug-likeness (QED) is 0.839. The first-order valence-electron chi connectivity index (χ1n) is 5.52. The number of anilines is 1. The maximum Gasteiger partial charge on any atom is 0.283 e. The van der Waals surface area contributed by atoms with Crippen LogP contribution in [0.2, 0.25) is 0 Å². The van der Waals surface area contributed by atoms with Crippen molar-refractivity contribution < 1.29 is 8.78 Å². The number of hydrogen-bond donors (Lipinski definition) is 2. The van der Waals surface area contributed by atoms with Crippen LogP contribution in [0.1, 0.15) is 5.56 Å². The van der Waals surface area contributed by atoms with Crippen molar-refractivity contribution in [3.63, 3.8) is 0 Å². The highest BCUT2D eigenvalue weighted by atomic mass is 31.0. The van der Waals surface area contributed by atoms with E-state index in [1.807, 2.05) is 0 Å². The largest absolute Gasteiger partial charge is 0.369 e. The van der Waals surface area contributed by atoms with Gasteiger partial charge in [0.1, 0.15) is 5.82 Å². The van der Waals surface area contributed by atoms with Crippen LogP contribution in [0.4, 0.5) is 14.6 Å². The average Bonchev–Trinajstić information content (AvgIpc) is 2.34. The highest BCUT2D eigenvalue weighted by Gasteiger charge is 2.24. The smallest absolute Gasteiger partial charge is 0.283 e. The number of benzene rings is 1. The Hall–Kier alpha value is -1.32. The fourth-order valence-electron chi connectivity index (χ4n) is 1.63. The van der Waals surface area contributed by atoms with Crippen molar-refractivity contribution in [1.29, 1.82) is 0 Å². The van der Waals surface area contributed by atoms with Crippen LogP contribution in [0, 0.1) is 0 Å². The molecule has 0 aliphatic heterocycles. The zero-order valence-corrected chi connectivity index (χ0v) is 10.8. The second-order valence-electron chi connectivity index (χ2n) is 3.94. The molecule has 96 valence electrons. The lowest BCUT2D eigenvalue weighted by molar-refractivity contribution is 0.104. The molecule has 3 nitrogen and oxygen atoms in total. The Morgan fingerprint density at radius 3 is 2.72 bits per heavy atom. The second-order valence-corrected chi connectivity index (χ2v) is 4.67. The highest BCUT2D eigenvalue weighted by Crippen LogP contribution is 2.35. The summed E-state index contributed by atoms with van der Waals surface area (Å²) in [5.74, 6) is 0.693. The van der Waals surface area contributed by atoms with Gasteiger partial charge in [-0.15, -0.1) is 0 Å². The molecule has 0 bridgehead atoms. The fraction of sp³-hybridized carbons (Fsp3) is 0.250. The van der Waals surface area contributed by atoms with Crippen molar-refractivity contribution in [1.82, 2.24) is 4.98 Å². The standard InChI is InChI=1S/C12H14F2N3P/c13-12(14,18)9-2-3-10-8(7-9)1-4-11(17-10)16-6-5-15/h1-4,7H,5-6,15,18H2,(H,16,17). The molecule has 1 heterocycles. The van der Waals surface area contributed by atoms with Gasteiger partial charge in [-0.25, -0.2) is 4.98 Å². The van der Waals surface area contributed by atoms with E-state index in [4.69, 9.17) is 5.73 Å². The minimum Gasteiger partial charge on any atom is -0.369 e. The number of nitrogens with zero attached hydrogens (tertiary/aromatic N) is 1. The van der Waals surface area contributed by atoms with Crippen molar-refractivity contribution >= 4 is 26.0 Å². The molecule has 0 saturated heterocycles. The summed E-state index contributed by atoms with van der Waals surface area (Å²) in [6, 6.07) is 7.94. The first kappa shape index (κ1) is 13.1. The van der Waals surface area contributed by atoms with E-state index in [-0.39, 0.29) is 5.56 Å². The summed E-state index contributed by atoms with van der Waals surface area (Å²) in [5.41, 5.74) is 3.11. The van der Waals surface area contributed by atoms with E-state index in [1.165, 1.54) is 21.4 Å². The minimum atomic E-state index is -2.91. The Labute approximate surface area is 106 Å². The Bertz CT molecular complexity index is 555. The van der Waals surface area contributed by atoms with Crippen molar-refractivity contribution in [2.24, 2.45) is 5.73 Å². The lowest BCUT2D eigenvalue weighted by Crippen LogP contribution is -2.13. The van der Waals surface area contributed by atoms with E-state index in [0.717, 1.165) is 0 Å². The molecule has 2 rings (SSSR count).